The molecule has 14 heavy (non-hydrogen) atoms. The number of halogens is 2. The van der Waals surface area contributed by atoms with Crippen LogP contribution in [0.4, 0.5) is 8.78 Å². The van der Waals surface area contributed by atoms with Gasteiger partial charge in [-0.2, -0.15) is 0 Å². The third-order valence-corrected chi connectivity index (χ3v) is 2.12. The van der Waals surface area contributed by atoms with Crippen LogP contribution in [0, 0.1) is 6.92 Å². The number of benzene rings is 1. The summed E-state index contributed by atoms with van der Waals surface area (Å²) in [6.07, 6.45) is -2.08. The predicted molar refractivity (Wildman–Crippen MR) is 50.8 cm³/mol. The van der Waals surface area contributed by atoms with Gasteiger partial charge in [0.25, 0.3) is 6.43 Å². The van der Waals surface area contributed by atoms with Gasteiger partial charge in [-0.1, -0.05) is 19.1 Å². The largest absolute Gasteiger partial charge is 0.294 e. The first kappa shape index (κ1) is 10.8. The van der Waals surface area contributed by atoms with E-state index in [-0.39, 0.29) is 11.3 Å². The van der Waals surface area contributed by atoms with Gasteiger partial charge >= 0.3 is 0 Å². The van der Waals surface area contributed by atoms with Crippen LogP contribution < -0.4 is 0 Å². The number of carbonyl (C=O) groups is 1. The van der Waals surface area contributed by atoms with Crippen LogP contribution in [-0.2, 0) is 0 Å². The lowest BCUT2D eigenvalue weighted by Gasteiger charge is -2.05. The van der Waals surface area contributed by atoms with Gasteiger partial charge in [0.15, 0.2) is 5.78 Å². The van der Waals surface area contributed by atoms with E-state index in [0.717, 1.165) is 0 Å². The van der Waals surface area contributed by atoms with E-state index in [1.54, 1.807) is 13.8 Å². The van der Waals surface area contributed by atoms with Gasteiger partial charge in [0.1, 0.15) is 0 Å². The Morgan fingerprint density at radius 2 is 2.07 bits per heavy atom. The van der Waals surface area contributed by atoms with Gasteiger partial charge in [-0.3, -0.25) is 4.79 Å². The summed E-state index contributed by atoms with van der Waals surface area (Å²) in [6.45, 7) is 3.43. The summed E-state index contributed by atoms with van der Waals surface area (Å²) >= 11 is 0. The fourth-order valence-electron chi connectivity index (χ4n) is 1.33. The first-order valence-electron chi connectivity index (χ1n) is 4.48. The maximum absolute atomic E-state index is 12.3. The Kier molecular flexibility index (Phi) is 3.33. The normalized spacial score (nSPS) is 10.6. The van der Waals surface area contributed by atoms with E-state index < -0.39 is 6.43 Å². The molecule has 1 aromatic carbocycles. The topological polar surface area (TPSA) is 17.1 Å². The van der Waals surface area contributed by atoms with Crippen molar-refractivity contribution in [1.82, 2.24) is 0 Å². The lowest BCUT2D eigenvalue weighted by atomic mass is 10.0. The van der Waals surface area contributed by atoms with Crippen LogP contribution in [0.3, 0.4) is 0 Å². The number of Topliss-reactive ketones (excluding diaryl/α,β-unsaturated/α-hetero) is 1. The standard InChI is InChI=1S/C11H12F2O/c1-3-10(14)9-5-4-8(11(12)13)6-7(9)2/h4-6,11H,3H2,1-2H3. The van der Waals surface area contributed by atoms with Crippen LogP contribution in [0.25, 0.3) is 0 Å². The van der Waals surface area contributed by atoms with Crippen LogP contribution in [-0.4, -0.2) is 5.78 Å². The summed E-state index contributed by atoms with van der Waals surface area (Å²) < 4.78 is 24.6. The van der Waals surface area contributed by atoms with Gasteiger partial charge in [0.2, 0.25) is 0 Å². The number of rotatable bonds is 3. The Bertz CT molecular complexity index is 345. The van der Waals surface area contributed by atoms with Crippen LogP contribution in [0.15, 0.2) is 18.2 Å². The number of carbonyl (C=O) groups excluding carboxylic acids is 1. The second-order valence-electron chi connectivity index (χ2n) is 3.15. The highest BCUT2D eigenvalue weighted by atomic mass is 19.3. The Balaban J connectivity index is 3.07. The first-order valence-corrected chi connectivity index (χ1v) is 4.48. The zero-order valence-corrected chi connectivity index (χ0v) is 8.18. The summed E-state index contributed by atoms with van der Waals surface area (Å²) in [5.74, 6) is -0.0108. The van der Waals surface area contributed by atoms with E-state index >= 15 is 0 Å². The maximum atomic E-state index is 12.3. The van der Waals surface area contributed by atoms with Crippen LogP contribution in [0.5, 0.6) is 0 Å². The van der Waals surface area contributed by atoms with Crippen molar-refractivity contribution in [3.8, 4) is 0 Å². The van der Waals surface area contributed by atoms with Crippen LogP contribution >= 0.6 is 0 Å². The molecule has 0 aromatic heterocycles. The van der Waals surface area contributed by atoms with E-state index in [2.05, 4.69) is 0 Å². The Hall–Kier alpha value is -1.25. The molecule has 0 atom stereocenters. The Labute approximate surface area is 81.7 Å². The molecule has 0 N–H and O–H groups in total. The minimum Gasteiger partial charge on any atom is -0.294 e. The number of hydrogen-bond acceptors (Lipinski definition) is 1. The minimum atomic E-state index is -2.47. The van der Waals surface area contributed by atoms with Crippen LogP contribution in [0.2, 0.25) is 0 Å². The smallest absolute Gasteiger partial charge is 0.263 e. The predicted octanol–water partition coefficient (Wildman–Crippen LogP) is 3.53. The summed E-state index contributed by atoms with van der Waals surface area (Å²) in [5.41, 5.74) is 1.13. The highest BCUT2D eigenvalue weighted by Crippen LogP contribution is 2.22. The average Bonchev–Trinajstić information content (AvgIpc) is 2.16. The fraction of sp³-hybridized carbons (Fsp3) is 0.364. The number of aryl methyl sites for hydroxylation is 1. The quantitative estimate of drug-likeness (QED) is 0.679. The van der Waals surface area contributed by atoms with Gasteiger partial charge in [0, 0.05) is 17.5 Å². The molecule has 0 heterocycles. The monoisotopic (exact) mass is 198 g/mol. The highest BCUT2D eigenvalue weighted by molar-refractivity contribution is 5.97. The summed E-state index contributed by atoms with van der Waals surface area (Å²) in [7, 11) is 0. The molecule has 1 aromatic rings. The third-order valence-electron chi connectivity index (χ3n) is 2.12. The van der Waals surface area contributed by atoms with Crippen molar-refractivity contribution in [3.05, 3.63) is 34.9 Å². The zero-order chi connectivity index (χ0) is 10.7. The molecule has 3 heteroatoms. The molecule has 76 valence electrons. The van der Waals surface area contributed by atoms with Gasteiger partial charge in [-0.25, -0.2) is 8.78 Å². The number of ketones is 1. The second kappa shape index (κ2) is 4.31. The molecule has 0 saturated heterocycles. The van der Waals surface area contributed by atoms with Crippen molar-refractivity contribution in [2.45, 2.75) is 26.7 Å². The molecule has 0 bridgehead atoms. The van der Waals surface area contributed by atoms with Gasteiger partial charge in [-0.05, 0) is 18.6 Å². The van der Waals surface area contributed by atoms with Gasteiger partial charge in [0.05, 0.1) is 0 Å². The third kappa shape index (κ3) is 2.16. The van der Waals surface area contributed by atoms with Crippen molar-refractivity contribution in [3.63, 3.8) is 0 Å². The average molecular weight is 198 g/mol. The van der Waals surface area contributed by atoms with Gasteiger partial charge in [-0.15, -0.1) is 0 Å². The van der Waals surface area contributed by atoms with E-state index in [9.17, 15) is 13.6 Å². The number of hydrogen-bond donors (Lipinski definition) is 0. The van der Waals surface area contributed by atoms with E-state index in [1.807, 2.05) is 0 Å². The molecule has 0 fully saturated rings. The molecule has 0 amide bonds. The highest BCUT2D eigenvalue weighted by Gasteiger charge is 2.11. The van der Waals surface area contributed by atoms with Crippen molar-refractivity contribution >= 4 is 5.78 Å². The van der Waals surface area contributed by atoms with Crippen LogP contribution in [0.1, 0.15) is 41.3 Å². The molecule has 0 radical (unpaired) electrons. The van der Waals surface area contributed by atoms with E-state index in [1.165, 1.54) is 18.2 Å². The minimum absolute atomic E-state index is 0.0108. The Morgan fingerprint density at radius 3 is 2.50 bits per heavy atom. The van der Waals surface area contributed by atoms with E-state index in [4.69, 9.17) is 0 Å². The van der Waals surface area contributed by atoms with Crippen molar-refractivity contribution in [2.75, 3.05) is 0 Å². The molecule has 0 aliphatic heterocycles. The Morgan fingerprint density at radius 1 is 1.43 bits per heavy atom. The molecule has 0 saturated carbocycles. The molecule has 1 rings (SSSR count). The molecule has 0 unspecified atom stereocenters. The summed E-state index contributed by atoms with van der Waals surface area (Å²) in [4.78, 5) is 11.3. The van der Waals surface area contributed by atoms with Crippen molar-refractivity contribution in [1.29, 1.82) is 0 Å². The maximum Gasteiger partial charge on any atom is 0.263 e. The zero-order valence-electron chi connectivity index (χ0n) is 8.18. The summed E-state index contributed by atoms with van der Waals surface area (Å²) in [5, 5.41) is 0. The second-order valence-corrected chi connectivity index (χ2v) is 3.15. The lowest BCUT2D eigenvalue weighted by Crippen LogP contribution is -2.00. The molecular weight excluding hydrogens is 186 g/mol. The summed E-state index contributed by atoms with van der Waals surface area (Å²) in [6, 6.07) is 4.15. The fourth-order valence-corrected chi connectivity index (χ4v) is 1.33. The molecule has 1 nitrogen and oxygen atoms in total. The SMILES string of the molecule is CCC(=O)c1ccc(C(F)F)cc1C. The molecule has 0 aliphatic rings. The molecule has 0 aliphatic carbocycles. The lowest BCUT2D eigenvalue weighted by molar-refractivity contribution is 0.0987. The van der Waals surface area contributed by atoms with E-state index in [0.29, 0.717) is 17.5 Å². The van der Waals surface area contributed by atoms with Crippen molar-refractivity contribution < 1.29 is 13.6 Å². The molecule has 0 spiro atoms. The van der Waals surface area contributed by atoms with Gasteiger partial charge < -0.3 is 0 Å². The van der Waals surface area contributed by atoms with Crippen molar-refractivity contribution in [2.24, 2.45) is 0 Å². The first-order chi connectivity index (χ1) is 6.56. The molecular formula is C11H12F2O. The number of alkyl halides is 2.